The van der Waals surface area contributed by atoms with Crippen LogP contribution in [-0.4, -0.2) is 30.9 Å². The summed E-state index contributed by atoms with van der Waals surface area (Å²) in [6.45, 7) is 1.52. The lowest BCUT2D eigenvalue weighted by atomic mass is 9.91. The van der Waals surface area contributed by atoms with Crippen molar-refractivity contribution in [2.45, 2.75) is 18.4 Å². The SMILES string of the molecule is COc1cccc(N2CCC(O)(C#Cc3cccc(Cl)c3)CC2)c1. The molecule has 1 fully saturated rings. The van der Waals surface area contributed by atoms with Gasteiger partial charge < -0.3 is 14.7 Å². The zero-order valence-corrected chi connectivity index (χ0v) is 14.4. The molecule has 3 nitrogen and oxygen atoms in total. The number of aliphatic hydroxyl groups is 1. The van der Waals surface area contributed by atoms with Gasteiger partial charge in [0.2, 0.25) is 0 Å². The summed E-state index contributed by atoms with van der Waals surface area (Å²) in [6, 6.07) is 15.4. The van der Waals surface area contributed by atoms with Gasteiger partial charge in [-0.1, -0.05) is 35.6 Å². The van der Waals surface area contributed by atoms with Crippen LogP contribution >= 0.6 is 11.6 Å². The van der Waals surface area contributed by atoms with Crippen molar-refractivity contribution in [2.24, 2.45) is 0 Å². The van der Waals surface area contributed by atoms with Crippen molar-refractivity contribution in [3.05, 3.63) is 59.1 Å². The molecule has 124 valence electrons. The van der Waals surface area contributed by atoms with Crippen LogP contribution in [0.15, 0.2) is 48.5 Å². The van der Waals surface area contributed by atoms with Crippen LogP contribution in [0, 0.1) is 11.8 Å². The summed E-state index contributed by atoms with van der Waals surface area (Å²) in [6.07, 6.45) is 1.22. The molecule has 2 aromatic carbocycles. The van der Waals surface area contributed by atoms with Gasteiger partial charge in [-0.25, -0.2) is 0 Å². The van der Waals surface area contributed by atoms with Crippen molar-refractivity contribution in [1.82, 2.24) is 0 Å². The van der Waals surface area contributed by atoms with Gasteiger partial charge in [0.25, 0.3) is 0 Å². The highest BCUT2D eigenvalue weighted by molar-refractivity contribution is 6.30. The monoisotopic (exact) mass is 341 g/mol. The maximum Gasteiger partial charge on any atom is 0.129 e. The number of anilines is 1. The molecule has 0 aliphatic carbocycles. The molecule has 24 heavy (non-hydrogen) atoms. The molecule has 0 bridgehead atoms. The van der Waals surface area contributed by atoms with E-state index in [9.17, 15) is 5.11 Å². The van der Waals surface area contributed by atoms with Crippen LogP contribution < -0.4 is 9.64 Å². The number of piperidine rings is 1. The lowest BCUT2D eigenvalue weighted by molar-refractivity contribution is 0.0746. The molecule has 1 saturated heterocycles. The minimum atomic E-state index is -0.947. The molecule has 2 aromatic rings. The van der Waals surface area contributed by atoms with Crippen LogP contribution in [0.1, 0.15) is 18.4 Å². The summed E-state index contributed by atoms with van der Waals surface area (Å²) in [5, 5.41) is 11.4. The van der Waals surface area contributed by atoms with Crippen LogP contribution in [0.3, 0.4) is 0 Å². The van der Waals surface area contributed by atoms with Gasteiger partial charge in [-0.15, -0.1) is 0 Å². The molecule has 1 aliphatic rings. The zero-order valence-electron chi connectivity index (χ0n) is 13.6. The van der Waals surface area contributed by atoms with E-state index in [1.165, 1.54) is 0 Å². The first-order valence-corrected chi connectivity index (χ1v) is 8.36. The third-order valence-corrected chi connectivity index (χ3v) is 4.51. The number of hydrogen-bond donors (Lipinski definition) is 1. The number of methoxy groups -OCH3 is 1. The molecule has 3 rings (SSSR count). The van der Waals surface area contributed by atoms with E-state index in [1.54, 1.807) is 7.11 Å². The number of rotatable bonds is 2. The summed E-state index contributed by atoms with van der Waals surface area (Å²) in [4.78, 5) is 2.25. The average molecular weight is 342 g/mol. The average Bonchev–Trinajstić information content (AvgIpc) is 2.61. The number of benzene rings is 2. The fourth-order valence-corrected chi connectivity index (χ4v) is 3.01. The van der Waals surface area contributed by atoms with Gasteiger partial charge in [0, 0.05) is 48.3 Å². The second kappa shape index (κ2) is 7.17. The Kier molecular flexibility index (Phi) is 4.99. The topological polar surface area (TPSA) is 32.7 Å². The minimum Gasteiger partial charge on any atom is -0.497 e. The van der Waals surface area contributed by atoms with Crippen molar-refractivity contribution in [3.8, 4) is 17.6 Å². The van der Waals surface area contributed by atoms with Crippen molar-refractivity contribution in [1.29, 1.82) is 0 Å². The Morgan fingerprint density at radius 1 is 1.12 bits per heavy atom. The van der Waals surface area contributed by atoms with Crippen LogP contribution in [0.4, 0.5) is 5.69 Å². The quantitative estimate of drug-likeness (QED) is 0.845. The van der Waals surface area contributed by atoms with Gasteiger partial charge in [0.1, 0.15) is 11.4 Å². The van der Waals surface area contributed by atoms with E-state index in [0.717, 1.165) is 30.1 Å². The number of nitrogens with zero attached hydrogens (tertiary/aromatic N) is 1. The van der Waals surface area contributed by atoms with E-state index in [2.05, 4.69) is 22.8 Å². The third kappa shape index (κ3) is 4.03. The summed E-state index contributed by atoms with van der Waals surface area (Å²) < 4.78 is 5.27. The van der Waals surface area contributed by atoms with Crippen LogP contribution in [0.5, 0.6) is 5.75 Å². The Hall–Kier alpha value is -2.15. The van der Waals surface area contributed by atoms with Crippen molar-refractivity contribution >= 4 is 17.3 Å². The Bertz CT molecular complexity index is 770. The Morgan fingerprint density at radius 3 is 2.58 bits per heavy atom. The second-order valence-electron chi connectivity index (χ2n) is 5.98. The predicted octanol–water partition coefficient (Wildman–Crippen LogP) is 3.73. The van der Waals surface area contributed by atoms with Crippen LogP contribution in [-0.2, 0) is 0 Å². The molecule has 4 heteroatoms. The first-order chi connectivity index (χ1) is 11.6. The maximum absolute atomic E-state index is 10.7. The molecule has 0 amide bonds. The summed E-state index contributed by atoms with van der Waals surface area (Å²) >= 11 is 5.97. The van der Waals surface area contributed by atoms with Crippen molar-refractivity contribution in [3.63, 3.8) is 0 Å². The largest absolute Gasteiger partial charge is 0.497 e. The fourth-order valence-electron chi connectivity index (χ4n) is 2.82. The van der Waals surface area contributed by atoms with Crippen LogP contribution in [0.2, 0.25) is 5.02 Å². The van der Waals surface area contributed by atoms with Gasteiger partial charge in [0.15, 0.2) is 0 Å². The maximum atomic E-state index is 10.7. The Labute approximate surface area is 147 Å². The molecule has 0 aromatic heterocycles. The first-order valence-electron chi connectivity index (χ1n) is 7.98. The second-order valence-corrected chi connectivity index (χ2v) is 6.42. The van der Waals surface area contributed by atoms with E-state index in [0.29, 0.717) is 17.9 Å². The third-order valence-electron chi connectivity index (χ3n) is 4.27. The molecule has 1 heterocycles. The van der Waals surface area contributed by atoms with E-state index in [-0.39, 0.29) is 0 Å². The first kappa shape index (κ1) is 16.7. The molecular weight excluding hydrogens is 322 g/mol. The predicted molar refractivity (Wildman–Crippen MR) is 97.7 cm³/mol. The van der Waals surface area contributed by atoms with Crippen molar-refractivity contribution in [2.75, 3.05) is 25.1 Å². The summed E-state index contributed by atoms with van der Waals surface area (Å²) in [5.41, 5.74) is 0.989. The smallest absolute Gasteiger partial charge is 0.129 e. The van der Waals surface area contributed by atoms with Crippen LogP contribution in [0.25, 0.3) is 0 Å². The highest BCUT2D eigenvalue weighted by atomic mass is 35.5. The normalized spacial score (nSPS) is 16.2. The zero-order chi connectivity index (χ0) is 17.0. The molecule has 0 spiro atoms. The summed E-state index contributed by atoms with van der Waals surface area (Å²) in [7, 11) is 1.67. The molecule has 1 N–H and O–H groups in total. The lowest BCUT2D eigenvalue weighted by Crippen LogP contribution is -2.43. The highest BCUT2D eigenvalue weighted by Gasteiger charge is 2.30. The Morgan fingerprint density at radius 2 is 1.88 bits per heavy atom. The van der Waals surface area contributed by atoms with Gasteiger partial charge in [-0.2, -0.15) is 0 Å². The minimum absolute atomic E-state index is 0.609. The van der Waals surface area contributed by atoms with Gasteiger partial charge in [-0.3, -0.25) is 0 Å². The van der Waals surface area contributed by atoms with Gasteiger partial charge in [0.05, 0.1) is 7.11 Å². The van der Waals surface area contributed by atoms with E-state index >= 15 is 0 Å². The molecule has 0 unspecified atom stereocenters. The van der Waals surface area contributed by atoms with Crippen molar-refractivity contribution < 1.29 is 9.84 Å². The number of ether oxygens (including phenoxy) is 1. The number of hydrogen-bond acceptors (Lipinski definition) is 3. The van der Waals surface area contributed by atoms with Gasteiger partial charge in [-0.05, 0) is 30.3 Å². The fraction of sp³-hybridized carbons (Fsp3) is 0.300. The molecule has 0 atom stereocenters. The van der Waals surface area contributed by atoms with Gasteiger partial charge >= 0.3 is 0 Å². The molecule has 0 radical (unpaired) electrons. The number of halogens is 1. The highest BCUT2D eigenvalue weighted by Crippen LogP contribution is 2.28. The van der Waals surface area contributed by atoms with E-state index in [4.69, 9.17) is 16.3 Å². The molecule has 0 saturated carbocycles. The summed E-state index contributed by atoms with van der Waals surface area (Å²) in [5.74, 6) is 6.92. The Balaban J connectivity index is 1.67. The van der Waals surface area contributed by atoms with E-state index in [1.807, 2.05) is 42.5 Å². The van der Waals surface area contributed by atoms with E-state index < -0.39 is 5.60 Å². The lowest BCUT2D eigenvalue weighted by Gasteiger charge is -2.36. The molecular formula is C20H20ClNO2. The molecule has 1 aliphatic heterocycles. The standard InChI is InChI=1S/C20H20ClNO2/c1-24-19-7-3-6-18(15-19)22-12-10-20(23,11-13-22)9-8-16-4-2-5-17(21)14-16/h2-7,14-15,23H,10-13H2,1H3.